The Morgan fingerprint density at radius 2 is 1.05 bits per heavy atom. The van der Waals surface area contributed by atoms with Crippen molar-refractivity contribution in [3.05, 3.63) is 152 Å². The van der Waals surface area contributed by atoms with Crippen LogP contribution in [0.2, 0.25) is 18.1 Å². The highest BCUT2D eigenvalue weighted by atomic mass is 31.1. The summed E-state index contributed by atoms with van der Waals surface area (Å²) >= 11 is 0. The Balaban J connectivity index is 0.000000266. The van der Waals surface area contributed by atoms with Gasteiger partial charge in [-0.2, -0.15) is 0 Å². The van der Waals surface area contributed by atoms with Crippen molar-refractivity contribution in [2.75, 3.05) is 39.8 Å². The van der Waals surface area contributed by atoms with Crippen molar-refractivity contribution in [2.45, 2.75) is 303 Å². The molecule has 24 heteroatoms. The molecular formula is C89H137O20P3Si. The number of fused-ring (bicyclic) bond motifs is 4. The molecule has 3 saturated heterocycles. The number of aryl methyl sites for hydroxylation is 5. The second kappa shape index (κ2) is 45.5. The van der Waals surface area contributed by atoms with Crippen LogP contribution in [0, 0.1) is 31.6 Å². The molecule has 0 spiro atoms. The van der Waals surface area contributed by atoms with Crippen LogP contribution in [0.3, 0.4) is 0 Å². The first-order chi connectivity index (χ1) is 53.1. The maximum absolute atomic E-state index is 13.2. The lowest BCUT2D eigenvalue weighted by molar-refractivity contribution is -0.152. The number of hydrogen-bond acceptors (Lipinski definition) is 19. The van der Waals surface area contributed by atoms with Gasteiger partial charge in [0, 0.05) is 59.6 Å². The Morgan fingerprint density at radius 1 is 0.611 bits per heavy atom. The summed E-state index contributed by atoms with van der Waals surface area (Å²) in [5, 5.41) is 52.5. The Bertz CT molecular complexity index is 3560. The summed E-state index contributed by atoms with van der Waals surface area (Å²) in [6, 6.07) is 11.8. The van der Waals surface area contributed by atoms with Crippen LogP contribution in [0.25, 0.3) is 18.2 Å². The van der Waals surface area contributed by atoms with Gasteiger partial charge in [0.15, 0.2) is 25.7 Å². The van der Waals surface area contributed by atoms with Crippen LogP contribution in [-0.4, -0.2) is 182 Å². The van der Waals surface area contributed by atoms with Gasteiger partial charge in [-0.25, -0.2) is 14.4 Å². The number of aliphatic hydroxyl groups is 3. The summed E-state index contributed by atoms with van der Waals surface area (Å²) in [6.45, 7) is 37.5. The number of carbonyl (C=O) groups is 3. The quantitative estimate of drug-likeness (QED) is 0.0149. The van der Waals surface area contributed by atoms with E-state index < -0.39 is 74.2 Å². The lowest BCUT2D eigenvalue weighted by Crippen LogP contribution is -2.48. The average molecular weight is 1650 g/mol. The smallest absolute Gasteiger partial charge is 0.342 e. The van der Waals surface area contributed by atoms with Crippen LogP contribution in [0.4, 0.5) is 0 Å². The third-order valence-electron chi connectivity index (χ3n) is 21.6. The molecule has 0 aliphatic carbocycles. The summed E-state index contributed by atoms with van der Waals surface area (Å²) < 4.78 is 71.0. The van der Waals surface area contributed by atoms with Crippen molar-refractivity contribution in [2.24, 2.45) is 17.8 Å². The molecule has 5 aliphatic heterocycles. The van der Waals surface area contributed by atoms with E-state index in [2.05, 4.69) is 46.0 Å². The molecule has 18 atom stereocenters. The van der Waals surface area contributed by atoms with E-state index in [1.54, 1.807) is 53.4 Å². The maximum atomic E-state index is 13.2. The van der Waals surface area contributed by atoms with Gasteiger partial charge in [-0.1, -0.05) is 145 Å². The van der Waals surface area contributed by atoms with Crippen molar-refractivity contribution >= 4 is 70.9 Å². The van der Waals surface area contributed by atoms with E-state index in [-0.39, 0.29) is 76.7 Å². The molecule has 0 aromatic heterocycles. The van der Waals surface area contributed by atoms with Crippen LogP contribution in [0.1, 0.15) is 237 Å². The number of ether oxygens (including phenoxy) is 8. The molecule has 3 aromatic carbocycles. The fourth-order valence-electron chi connectivity index (χ4n) is 13.9. The number of benzene rings is 3. The molecule has 8 rings (SSSR count). The molecule has 0 bridgehead atoms. The van der Waals surface area contributed by atoms with Crippen molar-refractivity contribution < 1.29 is 95.8 Å². The van der Waals surface area contributed by atoms with Crippen molar-refractivity contribution in [1.29, 1.82) is 0 Å². The number of carbonyl (C=O) groups excluding carboxylic acids is 2. The minimum atomic E-state index is -2.19. The highest BCUT2D eigenvalue weighted by molar-refractivity contribution is 7.32. The number of carboxylic acids is 1. The van der Waals surface area contributed by atoms with Gasteiger partial charge in [0.25, 0.3) is 0 Å². The lowest BCUT2D eigenvalue weighted by Gasteiger charge is -2.40. The molecule has 3 aromatic rings. The first-order valence-electron chi connectivity index (χ1n) is 40.5. The molecule has 6 unspecified atom stereocenters. The molecule has 0 amide bonds. The van der Waals surface area contributed by atoms with Crippen LogP contribution in [0.5, 0.6) is 5.75 Å². The van der Waals surface area contributed by atoms with Gasteiger partial charge < -0.3 is 81.4 Å². The van der Waals surface area contributed by atoms with Gasteiger partial charge in [-0.15, -0.1) is 0 Å². The summed E-state index contributed by atoms with van der Waals surface area (Å²) in [6.07, 6.45) is 30.8. The van der Waals surface area contributed by atoms with E-state index in [1.807, 2.05) is 162 Å². The second-order valence-corrected chi connectivity index (χ2v) is 42.0. The Hall–Kier alpha value is -4.70. The molecule has 113 heavy (non-hydrogen) atoms. The number of rotatable bonds is 28. The molecule has 5 aliphatic rings. The average Bonchev–Trinajstić information content (AvgIpc) is 1.56. The summed E-state index contributed by atoms with van der Waals surface area (Å²) in [5.41, 5.74) is 8.25. The SMILES string of the molecule is COPCCCCc1cc(C)c(C(=O)O)c(/C=C/C[C@@H]2OC(C)(C)O[C@@H]2C(/C=C\[C@@H](C)[C@H](C)O)O[Si](C)(C)C(C)(C)C)c1.COPCCCCc1cc(C)c2c(c1)C=CC[C@@H]1OC(C)(C)O[C@@H]1C(O)/C=C\[C@@H](C)[C@H](C)OC2=O.COPCCCCc1cc(O)c2c(c1)C=CC[C@@H]1OC(C)(C)O[C@@H]1C(O)/C=C\[C@@H](C)[C@H](C)OC2=O. The largest absolute Gasteiger partial charge is 0.507 e. The monoisotopic (exact) mass is 1650 g/mol. The topological polar surface area (TPSA) is 263 Å². The molecule has 3 fully saturated rings. The predicted octanol–water partition coefficient (Wildman–Crippen LogP) is 18.7. The molecular weight excluding hydrogens is 1510 g/mol. The summed E-state index contributed by atoms with van der Waals surface area (Å²) in [5.74, 6) is -4.54. The van der Waals surface area contributed by atoms with Gasteiger partial charge in [-0.05, 0) is 246 Å². The van der Waals surface area contributed by atoms with E-state index in [9.17, 15) is 39.9 Å². The van der Waals surface area contributed by atoms with Gasteiger partial charge >= 0.3 is 17.9 Å². The van der Waals surface area contributed by atoms with E-state index in [0.717, 1.165) is 104 Å². The minimum absolute atomic E-state index is 0.000366. The number of esters is 2. The van der Waals surface area contributed by atoms with Crippen LogP contribution in [0.15, 0.2) is 91.1 Å². The number of phenolic OH excluding ortho intramolecular Hbond substituents is 1. The molecule has 5 N–H and O–H groups in total. The number of aromatic hydroxyl groups is 1. The standard InChI is InChI=1S/C34H57O7PSi.C28H41O6P.C27H39O7P/c1-23(25(3)35)18-19-29(41-43(10,11)33(4,5)6)31-28(39-34(7,8)40-31)17-14-16-27-22-26(15-12-13-20-42-38-9)21-24(2)30(27)32(36)37;1-18-13-14-23(29)26-24(33-28(4,5)34-26)12-9-11-22-17-21(10-7-8-15-35-31-6)16-19(2)25(22)27(30)32-20(18)3;1-17-12-13-21(28)25-23(33-27(3,4)34-25)11-8-10-20-15-19(9-6-7-14-35-31-5)16-22(29)24(20)26(30)32-18(17)2/h14,16,18-19,21-23,25,28-29,31,35,42H,12-13,15,17,20H2,1-11H3,(H,36,37);9,11,13-14,16-18,20,23-24,26,29,35H,7-8,10,12,15H2,1-6H3;8,10,12-13,15-18,21,23,25,28-29,35H,6-7,9,11,14H2,1-5H3/b16-14+,19-18-;11-9?,14-13-;10-8?,13-12-/t23-,25+,28+,29?,31+;18-,20+,23?,24+,26-;17-,18+,21?,23+,25-/m111/s1. The van der Waals surface area contributed by atoms with Crippen LogP contribution in [-0.2, 0) is 75.2 Å². The zero-order chi connectivity index (χ0) is 83.8. The van der Waals surface area contributed by atoms with Crippen molar-refractivity contribution in [3.8, 4) is 5.75 Å². The Kier molecular flexibility index (Phi) is 39.1. The van der Waals surface area contributed by atoms with E-state index in [4.69, 9.17) is 55.9 Å². The number of aliphatic hydroxyl groups excluding tert-OH is 3. The maximum Gasteiger partial charge on any atom is 0.342 e. The normalized spacial score (nSPS) is 26.9. The van der Waals surface area contributed by atoms with Gasteiger partial charge in [0.2, 0.25) is 0 Å². The number of unbranched alkanes of at least 4 members (excludes halogenated alkanes) is 3. The zero-order valence-electron chi connectivity index (χ0n) is 71.5. The highest BCUT2D eigenvalue weighted by Crippen LogP contribution is 2.42. The third-order valence-corrected chi connectivity index (χ3v) is 28.7. The third kappa shape index (κ3) is 30.6. The number of carboxylic acid groups (broad SMARTS) is 1. The van der Waals surface area contributed by atoms with E-state index >= 15 is 0 Å². The molecule has 632 valence electrons. The summed E-state index contributed by atoms with van der Waals surface area (Å²) in [7, 11) is 4.57. The predicted molar refractivity (Wildman–Crippen MR) is 460 cm³/mol. The minimum Gasteiger partial charge on any atom is -0.507 e. The first-order valence-corrected chi connectivity index (χ1v) is 46.7. The van der Waals surface area contributed by atoms with Crippen molar-refractivity contribution in [3.63, 3.8) is 0 Å². The first kappa shape index (κ1) is 97.1. The molecule has 20 nitrogen and oxygen atoms in total. The summed E-state index contributed by atoms with van der Waals surface area (Å²) in [4.78, 5) is 38.5. The molecule has 0 radical (unpaired) electrons. The number of hydrogen-bond donors (Lipinski definition) is 5. The van der Waals surface area contributed by atoms with Gasteiger partial charge in [0.1, 0.15) is 54.0 Å². The Morgan fingerprint density at radius 3 is 1.51 bits per heavy atom. The Labute approximate surface area is 682 Å². The second-order valence-electron chi connectivity index (χ2n) is 33.7. The van der Waals surface area contributed by atoms with E-state index in [0.29, 0.717) is 67.9 Å². The lowest BCUT2D eigenvalue weighted by atomic mass is 9.94. The highest BCUT2D eigenvalue weighted by Gasteiger charge is 2.49. The number of aromatic carboxylic acids is 1. The zero-order valence-corrected chi connectivity index (χ0v) is 75.5. The van der Waals surface area contributed by atoms with Gasteiger partial charge in [0.05, 0.1) is 41.6 Å². The number of phenols is 1. The van der Waals surface area contributed by atoms with Crippen molar-refractivity contribution in [1.82, 2.24) is 0 Å². The van der Waals surface area contributed by atoms with Gasteiger partial charge in [-0.3, -0.25) is 0 Å². The number of cyclic esters (lactones) is 2. The fourth-order valence-corrected chi connectivity index (χ4v) is 17.0. The molecule has 0 saturated carbocycles. The van der Waals surface area contributed by atoms with Crippen LogP contribution < -0.4 is 0 Å². The fraction of sp³-hybridized carbons (Fsp3) is 0.629. The van der Waals surface area contributed by atoms with E-state index in [1.165, 1.54) is 5.56 Å². The molecule has 5 heterocycles. The van der Waals surface area contributed by atoms with Crippen LogP contribution >= 0.6 is 26.4 Å².